The molecule has 0 bridgehead atoms. The number of ether oxygens (including phenoxy) is 2. The molecule has 0 saturated heterocycles. The summed E-state index contributed by atoms with van der Waals surface area (Å²) < 4.78 is 10.2. The lowest BCUT2D eigenvalue weighted by Crippen LogP contribution is -2.13. The van der Waals surface area contributed by atoms with Crippen LogP contribution in [0.2, 0.25) is 5.02 Å². The summed E-state index contributed by atoms with van der Waals surface area (Å²) in [5, 5.41) is 3.03. The summed E-state index contributed by atoms with van der Waals surface area (Å²) in [6, 6.07) is 5.07. The van der Waals surface area contributed by atoms with E-state index in [1.807, 2.05) is 6.92 Å². The van der Waals surface area contributed by atoms with E-state index in [4.69, 9.17) is 21.1 Å². The molecule has 1 N–H and O–H groups in total. The third kappa shape index (κ3) is 4.53. The minimum absolute atomic E-state index is 0.331. The molecule has 0 atom stereocenters. The first-order chi connectivity index (χ1) is 8.17. The Morgan fingerprint density at radius 3 is 2.76 bits per heavy atom. The number of rotatable bonds is 5. The molecule has 0 fully saturated rings. The molecule has 0 aliphatic heterocycles. The van der Waals surface area contributed by atoms with Crippen molar-refractivity contribution in [2.45, 2.75) is 20.3 Å². The molecule has 0 spiro atoms. The highest BCUT2D eigenvalue weighted by Crippen LogP contribution is 2.27. The topological polar surface area (TPSA) is 47.6 Å². The van der Waals surface area contributed by atoms with Crippen LogP contribution in [0.5, 0.6) is 5.75 Å². The molecule has 1 aromatic rings. The quantitative estimate of drug-likeness (QED) is 0.875. The van der Waals surface area contributed by atoms with Gasteiger partial charge in [-0.2, -0.15) is 0 Å². The Hall–Kier alpha value is -1.42. The normalized spacial score (nSPS) is 9.82. The van der Waals surface area contributed by atoms with Crippen LogP contribution in [0.25, 0.3) is 0 Å². The fraction of sp³-hybridized carbons (Fsp3) is 0.417. The molecule has 0 aromatic heterocycles. The summed E-state index contributed by atoms with van der Waals surface area (Å²) in [6.45, 7) is 4.71. The lowest BCUT2D eigenvalue weighted by molar-refractivity contribution is 0.168. The van der Waals surface area contributed by atoms with Crippen LogP contribution in [0.4, 0.5) is 10.5 Å². The van der Waals surface area contributed by atoms with Gasteiger partial charge in [0.2, 0.25) is 0 Å². The third-order valence-corrected chi connectivity index (χ3v) is 2.21. The number of anilines is 1. The minimum Gasteiger partial charge on any atom is -0.492 e. The number of benzene rings is 1. The van der Waals surface area contributed by atoms with Crippen molar-refractivity contribution < 1.29 is 14.3 Å². The average molecular weight is 258 g/mol. The van der Waals surface area contributed by atoms with Crippen molar-refractivity contribution in [2.75, 3.05) is 18.5 Å². The molecule has 0 saturated carbocycles. The van der Waals surface area contributed by atoms with Gasteiger partial charge in [-0.1, -0.05) is 18.5 Å². The summed E-state index contributed by atoms with van der Waals surface area (Å²) in [7, 11) is 0. The van der Waals surface area contributed by atoms with Crippen LogP contribution in [0.3, 0.4) is 0 Å². The molecule has 0 radical (unpaired) electrons. The predicted molar refractivity (Wildman–Crippen MR) is 67.9 cm³/mol. The van der Waals surface area contributed by atoms with Crippen LogP contribution in [0.15, 0.2) is 18.2 Å². The lowest BCUT2D eigenvalue weighted by Gasteiger charge is -2.09. The van der Waals surface area contributed by atoms with Crippen molar-refractivity contribution in [1.29, 1.82) is 0 Å². The average Bonchev–Trinajstić information content (AvgIpc) is 2.28. The Kier molecular flexibility index (Phi) is 5.63. The van der Waals surface area contributed by atoms with E-state index in [2.05, 4.69) is 5.32 Å². The fourth-order valence-electron chi connectivity index (χ4n) is 1.19. The minimum atomic E-state index is -0.495. The Bertz CT molecular complexity index is 382. The molecular formula is C12H16ClNO3. The molecule has 1 amide bonds. The molecular weight excluding hydrogens is 242 g/mol. The second kappa shape index (κ2) is 7.01. The predicted octanol–water partition coefficient (Wildman–Crippen LogP) is 3.70. The van der Waals surface area contributed by atoms with Gasteiger partial charge in [0.25, 0.3) is 0 Å². The first kappa shape index (κ1) is 13.6. The second-order valence-electron chi connectivity index (χ2n) is 3.34. The van der Waals surface area contributed by atoms with Gasteiger partial charge < -0.3 is 9.47 Å². The van der Waals surface area contributed by atoms with E-state index < -0.39 is 6.09 Å². The van der Waals surface area contributed by atoms with E-state index in [0.717, 1.165) is 6.42 Å². The zero-order valence-electron chi connectivity index (χ0n) is 9.96. The van der Waals surface area contributed by atoms with E-state index in [9.17, 15) is 4.79 Å². The maximum absolute atomic E-state index is 11.2. The summed E-state index contributed by atoms with van der Waals surface area (Å²) in [5.41, 5.74) is 0.581. The summed E-state index contributed by atoms with van der Waals surface area (Å²) in [5.74, 6) is 0.614. The van der Waals surface area contributed by atoms with Gasteiger partial charge in [0.1, 0.15) is 5.75 Å². The lowest BCUT2D eigenvalue weighted by atomic mass is 10.3. The Morgan fingerprint density at radius 1 is 1.41 bits per heavy atom. The SMILES string of the molecule is CCCOc1ccc(NC(=O)OCC)cc1Cl. The van der Waals surface area contributed by atoms with Crippen molar-refractivity contribution in [2.24, 2.45) is 0 Å². The van der Waals surface area contributed by atoms with Crippen molar-refractivity contribution in [3.8, 4) is 5.75 Å². The van der Waals surface area contributed by atoms with Gasteiger partial charge in [0.05, 0.1) is 18.2 Å². The van der Waals surface area contributed by atoms with Crippen LogP contribution in [0, 0.1) is 0 Å². The first-order valence-corrected chi connectivity index (χ1v) is 5.91. The highest BCUT2D eigenvalue weighted by Gasteiger charge is 2.06. The van der Waals surface area contributed by atoms with Crippen molar-refractivity contribution in [3.63, 3.8) is 0 Å². The zero-order chi connectivity index (χ0) is 12.7. The highest BCUT2D eigenvalue weighted by atomic mass is 35.5. The number of hydrogen-bond donors (Lipinski definition) is 1. The van der Waals surface area contributed by atoms with Gasteiger partial charge in [-0.25, -0.2) is 4.79 Å². The molecule has 0 unspecified atom stereocenters. The van der Waals surface area contributed by atoms with E-state index >= 15 is 0 Å². The smallest absolute Gasteiger partial charge is 0.411 e. The zero-order valence-corrected chi connectivity index (χ0v) is 10.7. The summed E-state index contributed by atoms with van der Waals surface area (Å²) in [4.78, 5) is 11.2. The maximum atomic E-state index is 11.2. The summed E-state index contributed by atoms with van der Waals surface area (Å²) in [6.07, 6.45) is 0.421. The second-order valence-corrected chi connectivity index (χ2v) is 3.75. The maximum Gasteiger partial charge on any atom is 0.411 e. The van der Waals surface area contributed by atoms with Gasteiger partial charge in [-0.3, -0.25) is 5.32 Å². The standard InChI is InChI=1S/C12H16ClNO3/c1-3-7-17-11-6-5-9(8-10(11)13)14-12(15)16-4-2/h5-6,8H,3-4,7H2,1-2H3,(H,14,15). The molecule has 1 aromatic carbocycles. The highest BCUT2D eigenvalue weighted by molar-refractivity contribution is 6.32. The van der Waals surface area contributed by atoms with Gasteiger partial charge >= 0.3 is 6.09 Å². The number of halogens is 1. The molecule has 0 heterocycles. The van der Waals surface area contributed by atoms with Crippen molar-refractivity contribution in [3.05, 3.63) is 23.2 Å². The largest absolute Gasteiger partial charge is 0.492 e. The molecule has 5 heteroatoms. The van der Waals surface area contributed by atoms with E-state index in [0.29, 0.717) is 29.7 Å². The first-order valence-electron chi connectivity index (χ1n) is 5.53. The molecule has 0 aliphatic rings. The van der Waals surface area contributed by atoms with E-state index in [-0.39, 0.29) is 0 Å². The number of nitrogens with one attached hydrogen (secondary N) is 1. The number of hydrogen-bond acceptors (Lipinski definition) is 3. The molecule has 1 rings (SSSR count). The molecule has 0 aliphatic carbocycles. The van der Waals surface area contributed by atoms with Gasteiger partial charge in [0.15, 0.2) is 0 Å². The Morgan fingerprint density at radius 2 is 2.18 bits per heavy atom. The summed E-state index contributed by atoms with van der Waals surface area (Å²) >= 11 is 6.01. The van der Waals surface area contributed by atoms with Crippen LogP contribution in [0.1, 0.15) is 20.3 Å². The van der Waals surface area contributed by atoms with Crippen LogP contribution in [-0.4, -0.2) is 19.3 Å². The molecule has 4 nitrogen and oxygen atoms in total. The molecule has 17 heavy (non-hydrogen) atoms. The number of carbonyl (C=O) groups excluding carboxylic acids is 1. The third-order valence-electron chi connectivity index (χ3n) is 1.92. The number of carbonyl (C=O) groups is 1. The van der Waals surface area contributed by atoms with Crippen LogP contribution < -0.4 is 10.1 Å². The van der Waals surface area contributed by atoms with Gasteiger partial charge in [-0.05, 0) is 31.5 Å². The van der Waals surface area contributed by atoms with Gasteiger partial charge in [-0.15, -0.1) is 0 Å². The Labute approximate surface area is 106 Å². The Balaban J connectivity index is 2.64. The van der Waals surface area contributed by atoms with Crippen LogP contribution >= 0.6 is 11.6 Å². The molecule has 94 valence electrons. The number of amides is 1. The van der Waals surface area contributed by atoms with Gasteiger partial charge in [0, 0.05) is 5.69 Å². The van der Waals surface area contributed by atoms with Crippen molar-refractivity contribution in [1.82, 2.24) is 0 Å². The van der Waals surface area contributed by atoms with Crippen molar-refractivity contribution >= 4 is 23.4 Å². The van der Waals surface area contributed by atoms with E-state index in [1.54, 1.807) is 25.1 Å². The fourth-order valence-corrected chi connectivity index (χ4v) is 1.43. The van der Waals surface area contributed by atoms with Crippen LogP contribution in [-0.2, 0) is 4.74 Å². The van der Waals surface area contributed by atoms with E-state index in [1.165, 1.54) is 0 Å². The monoisotopic (exact) mass is 257 g/mol.